The normalized spacial score (nSPS) is 17.0. The maximum Gasteiger partial charge on any atom is 0.326 e. The largest absolute Gasteiger partial charge is 0.480 e. The van der Waals surface area contributed by atoms with E-state index in [0.29, 0.717) is 25.1 Å². The first-order valence-electron chi connectivity index (χ1n) is 11.7. The van der Waals surface area contributed by atoms with Gasteiger partial charge in [0.15, 0.2) is 0 Å². The van der Waals surface area contributed by atoms with Crippen molar-refractivity contribution in [3.8, 4) is 0 Å². The monoisotopic (exact) mass is 495 g/mol. The first-order valence-corrected chi connectivity index (χ1v) is 11.7. The molecule has 0 saturated carbocycles. The third-order valence-corrected chi connectivity index (χ3v) is 6.38. The Morgan fingerprint density at radius 3 is 2.67 bits per heavy atom. The molecule has 1 saturated heterocycles. The fourth-order valence-electron chi connectivity index (χ4n) is 4.54. The number of aliphatic carboxylic acids is 1. The summed E-state index contributed by atoms with van der Waals surface area (Å²) in [6.45, 7) is 0.204. The molecule has 190 valence electrons. The minimum atomic E-state index is -1.23. The SMILES string of the molecule is NCC(=O)N1CCCC1C(=O)NC(Cc1c[nH]c2ccccc12)C(=O)NC(Cc1cnc[nH]1)C(=O)O. The van der Waals surface area contributed by atoms with Gasteiger partial charge in [0.25, 0.3) is 0 Å². The maximum absolute atomic E-state index is 13.3. The first-order chi connectivity index (χ1) is 17.4. The second-order valence-corrected chi connectivity index (χ2v) is 8.75. The highest BCUT2D eigenvalue weighted by molar-refractivity contribution is 5.94. The molecule has 0 bridgehead atoms. The van der Waals surface area contributed by atoms with Gasteiger partial charge in [-0.2, -0.15) is 0 Å². The summed E-state index contributed by atoms with van der Waals surface area (Å²) in [6.07, 6.45) is 5.88. The molecule has 3 heterocycles. The second-order valence-electron chi connectivity index (χ2n) is 8.75. The van der Waals surface area contributed by atoms with Crippen LogP contribution in [0, 0.1) is 0 Å². The Hall–Kier alpha value is -4.19. The highest BCUT2D eigenvalue weighted by Gasteiger charge is 2.36. The van der Waals surface area contributed by atoms with Crippen molar-refractivity contribution in [2.45, 2.75) is 43.8 Å². The number of nitrogens with two attached hydrogens (primary N) is 1. The zero-order chi connectivity index (χ0) is 25.7. The average molecular weight is 496 g/mol. The number of rotatable bonds is 10. The molecule has 3 aromatic rings. The Bertz CT molecular complexity index is 1240. The number of carboxylic acids is 1. The number of imidazole rings is 1. The van der Waals surface area contributed by atoms with Crippen LogP contribution < -0.4 is 16.4 Å². The predicted octanol–water partition coefficient (Wildman–Crippen LogP) is -0.320. The molecule has 3 atom stereocenters. The van der Waals surface area contributed by atoms with Gasteiger partial charge in [-0.3, -0.25) is 14.4 Å². The van der Waals surface area contributed by atoms with Gasteiger partial charge in [-0.05, 0) is 24.5 Å². The zero-order valence-electron chi connectivity index (χ0n) is 19.6. The minimum Gasteiger partial charge on any atom is -0.480 e. The Morgan fingerprint density at radius 2 is 1.94 bits per heavy atom. The van der Waals surface area contributed by atoms with E-state index >= 15 is 0 Å². The number of nitrogens with one attached hydrogen (secondary N) is 4. The van der Waals surface area contributed by atoms with E-state index in [4.69, 9.17) is 5.73 Å². The van der Waals surface area contributed by atoms with Crippen molar-refractivity contribution in [2.75, 3.05) is 13.1 Å². The van der Waals surface area contributed by atoms with Crippen molar-refractivity contribution in [1.29, 1.82) is 0 Å². The summed E-state index contributed by atoms with van der Waals surface area (Å²) >= 11 is 0. The number of hydrogen-bond acceptors (Lipinski definition) is 6. The van der Waals surface area contributed by atoms with Crippen molar-refractivity contribution in [2.24, 2.45) is 5.73 Å². The predicted molar refractivity (Wildman–Crippen MR) is 130 cm³/mol. The molecule has 0 aliphatic carbocycles. The topological polar surface area (TPSA) is 186 Å². The highest BCUT2D eigenvalue weighted by atomic mass is 16.4. The summed E-state index contributed by atoms with van der Waals surface area (Å²) < 4.78 is 0. The van der Waals surface area contributed by atoms with E-state index in [2.05, 4.69) is 25.6 Å². The van der Waals surface area contributed by atoms with Gasteiger partial charge in [0.1, 0.15) is 18.1 Å². The van der Waals surface area contributed by atoms with E-state index in [9.17, 15) is 24.3 Å². The van der Waals surface area contributed by atoms with Crippen LogP contribution in [-0.2, 0) is 32.0 Å². The molecule has 3 amide bonds. The number of hydrogen-bond donors (Lipinski definition) is 6. The molecule has 3 unspecified atom stereocenters. The van der Waals surface area contributed by atoms with E-state index in [1.54, 1.807) is 6.20 Å². The third kappa shape index (κ3) is 5.54. The lowest BCUT2D eigenvalue weighted by Crippen LogP contribution is -2.56. The van der Waals surface area contributed by atoms with Gasteiger partial charge in [0.2, 0.25) is 17.7 Å². The van der Waals surface area contributed by atoms with Crippen LogP contribution in [0.1, 0.15) is 24.1 Å². The molecule has 0 radical (unpaired) electrons. The van der Waals surface area contributed by atoms with Gasteiger partial charge in [-0.25, -0.2) is 9.78 Å². The number of carboxylic acid groups (broad SMARTS) is 1. The molecule has 36 heavy (non-hydrogen) atoms. The Morgan fingerprint density at radius 1 is 1.14 bits per heavy atom. The highest BCUT2D eigenvalue weighted by Crippen LogP contribution is 2.21. The molecule has 12 nitrogen and oxygen atoms in total. The van der Waals surface area contributed by atoms with Gasteiger partial charge in [0.05, 0.1) is 12.9 Å². The fourth-order valence-corrected chi connectivity index (χ4v) is 4.54. The standard InChI is InChI=1S/C24H29N7O5/c25-10-21(32)31-7-3-6-20(31)23(34)29-18(8-14-11-27-17-5-2-1-4-16(14)17)22(33)30-19(24(35)36)9-15-12-26-13-28-15/h1-2,4-5,11-13,18-20,27H,3,6-10,25H2,(H,26,28)(H,29,34)(H,30,33)(H,35,36). The number of nitrogens with zero attached hydrogens (tertiary/aromatic N) is 2. The minimum absolute atomic E-state index is 0.00374. The number of para-hydroxylation sites is 1. The second kappa shape index (κ2) is 11.0. The first kappa shape index (κ1) is 24.9. The fraction of sp³-hybridized carbons (Fsp3) is 0.375. The van der Waals surface area contributed by atoms with Crippen molar-refractivity contribution in [3.05, 3.63) is 54.2 Å². The third-order valence-electron chi connectivity index (χ3n) is 6.38. The maximum atomic E-state index is 13.3. The zero-order valence-corrected chi connectivity index (χ0v) is 19.6. The van der Waals surface area contributed by atoms with Crippen LogP contribution in [0.15, 0.2) is 43.0 Å². The number of carbonyl (C=O) groups is 4. The summed E-state index contributed by atoms with van der Waals surface area (Å²) in [4.78, 5) is 61.9. The van der Waals surface area contributed by atoms with Crippen LogP contribution in [-0.4, -0.2) is 79.9 Å². The number of amides is 3. The molecular formula is C24H29N7O5. The van der Waals surface area contributed by atoms with E-state index in [-0.39, 0.29) is 25.3 Å². The Labute approximate surface area is 206 Å². The van der Waals surface area contributed by atoms with Crippen LogP contribution in [0.25, 0.3) is 10.9 Å². The molecule has 1 aliphatic rings. The average Bonchev–Trinajstić information content (AvgIpc) is 3.64. The van der Waals surface area contributed by atoms with E-state index in [1.165, 1.54) is 17.4 Å². The van der Waals surface area contributed by atoms with Gasteiger partial charge in [-0.15, -0.1) is 0 Å². The van der Waals surface area contributed by atoms with Gasteiger partial charge < -0.3 is 36.3 Å². The molecule has 1 aliphatic heterocycles. The van der Waals surface area contributed by atoms with Gasteiger partial charge >= 0.3 is 5.97 Å². The Balaban J connectivity index is 1.56. The van der Waals surface area contributed by atoms with Crippen molar-refractivity contribution >= 4 is 34.6 Å². The number of benzene rings is 1. The molecular weight excluding hydrogens is 466 g/mol. The summed E-state index contributed by atoms with van der Waals surface area (Å²) in [5.74, 6) is -2.67. The van der Waals surface area contributed by atoms with Crippen LogP contribution in [0.4, 0.5) is 0 Å². The molecule has 4 rings (SSSR count). The van der Waals surface area contributed by atoms with Crippen LogP contribution in [0.2, 0.25) is 0 Å². The summed E-state index contributed by atoms with van der Waals surface area (Å²) in [6, 6.07) is 4.50. The number of aromatic amines is 2. The summed E-state index contributed by atoms with van der Waals surface area (Å²) in [5.41, 5.74) is 7.69. The molecule has 7 N–H and O–H groups in total. The molecule has 1 aromatic carbocycles. The van der Waals surface area contributed by atoms with Crippen molar-refractivity contribution in [3.63, 3.8) is 0 Å². The Kier molecular flexibility index (Phi) is 7.64. The van der Waals surface area contributed by atoms with Crippen molar-refractivity contribution < 1.29 is 24.3 Å². The number of likely N-dealkylation sites (tertiary alicyclic amines) is 1. The lowest BCUT2D eigenvalue weighted by molar-refractivity contribution is -0.142. The molecule has 0 spiro atoms. The molecule has 1 fully saturated rings. The van der Waals surface area contributed by atoms with E-state index in [0.717, 1.165) is 16.5 Å². The quantitative estimate of drug-likeness (QED) is 0.222. The smallest absolute Gasteiger partial charge is 0.326 e. The molecule has 2 aromatic heterocycles. The number of carbonyl (C=O) groups excluding carboxylic acids is 3. The van der Waals surface area contributed by atoms with Crippen LogP contribution in [0.3, 0.4) is 0 Å². The van der Waals surface area contributed by atoms with Gasteiger partial charge in [0, 0.05) is 48.4 Å². The number of H-pyrrole nitrogens is 2. The lowest BCUT2D eigenvalue weighted by Gasteiger charge is -2.26. The van der Waals surface area contributed by atoms with E-state index < -0.39 is 35.9 Å². The van der Waals surface area contributed by atoms with E-state index in [1.807, 2.05) is 24.3 Å². The van der Waals surface area contributed by atoms with Crippen LogP contribution in [0.5, 0.6) is 0 Å². The van der Waals surface area contributed by atoms with Crippen LogP contribution >= 0.6 is 0 Å². The van der Waals surface area contributed by atoms with Crippen molar-refractivity contribution in [1.82, 2.24) is 30.5 Å². The number of aromatic nitrogens is 3. The summed E-state index contributed by atoms with van der Waals surface area (Å²) in [7, 11) is 0. The lowest BCUT2D eigenvalue weighted by atomic mass is 10.0. The summed E-state index contributed by atoms with van der Waals surface area (Å²) in [5, 5.41) is 15.9. The van der Waals surface area contributed by atoms with Gasteiger partial charge in [-0.1, -0.05) is 18.2 Å². The molecule has 12 heteroatoms. The number of fused-ring (bicyclic) bond motifs is 1.